The minimum Gasteiger partial charge on any atom is -0.462 e. The predicted octanol–water partition coefficient (Wildman–Crippen LogP) is 6.94. The Labute approximate surface area is 453 Å². The molecule has 6 rings (SSSR count). The van der Waals surface area contributed by atoms with Crippen LogP contribution in [0.2, 0.25) is 0 Å². The van der Waals surface area contributed by atoms with Crippen LogP contribution in [-0.4, -0.2) is 177 Å². The van der Waals surface area contributed by atoms with Crippen LogP contribution >= 0.6 is 0 Å². The molecular weight excluding hydrogens is 993 g/mol. The van der Waals surface area contributed by atoms with E-state index in [9.17, 15) is 34.2 Å². The van der Waals surface area contributed by atoms with Crippen LogP contribution in [-0.2, 0) is 66.6 Å². The molecule has 0 amide bonds. The van der Waals surface area contributed by atoms with Crippen molar-refractivity contribution in [3.8, 4) is 0 Å². The number of aldehydes is 1. The Morgan fingerprint density at radius 1 is 0.883 bits per heavy atom. The smallest absolute Gasteiger partial charge is 0.309 e. The normalized spacial score (nSPS) is 33.4. The van der Waals surface area contributed by atoms with Gasteiger partial charge in [-0.2, -0.15) is 0 Å². The molecule has 5 unspecified atom stereocenters. The van der Waals surface area contributed by atoms with Crippen molar-refractivity contribution in [1.29, 1.82) is 0 Å². The Bertz CT molecular complexity index is 2470. The Balaban J connectivity index is 1.30. The minimum atomic E-state index is -1.44. The average Bonchev–Trinajstić information content (AvgIpc) is 3.39. The number of carbonyl (C=O) groups excluding carboxylic acids is 5. The summed E-state index contributed by atoms with van der Waals surface area (Å²) in [5.74, 6) is -3.46. The first-order valence-electron chi connectivity index (χ1n) is 27.3. The molecule has 3 fully saturated rings. The quantitative estimate of drug-likeness (QED) is 0.0643. The lowest BCUT2D eigenvalue weighted by Crippen LogP contribution is -2.66. The maximum atomic E-state index is 14.4. The summed E-state index contributed by atoms with van der Waals surface area (Å²) < 4.78 is 56.4. The number of benzene rings is 3. The Hall–Kier alpha value is -4.89. The fraction of sp³-hybridized carbons (Fsp3) is 0.644. The second kappa shape index (κ2) is 28.3. The number of β-amino-alcohol motifs (C(OH)–C–C–N with tert-alkyl or cyclic N) is 1. The third-order valence-electron chi connectivity index (χ3n) is 15.3. The lowest BCUT2D eigenvalue weighted by atomic mass is 9.82. The van der Waals surface area contributed by atoms with Gasteiger partial charge in [-0.05, 0) is 113 Å². The van der Waals surface area contributed by atoms with Gasteiger partial charge < -0.3 is 67.4 Å². The number of fused-ring (bicyclic) bond motifs is 3. The van der Waals surface area contributed by atoms with E-state index in [2.05, 4.69) is 36.4 Å². The zero-order valence-corrected chi connectivity index (χ0v) is 46.9. The molecule has 2 N–H and O–H groups in total. The second-order valence-electron chi connectivity index (χ2n) is 21.6. The van der Waals surface area contributed by atoms with Gasteiger partial charge in [-0.3, -0.25) is 19.2 Å². The van der Waals surface area contributed by atoms with Crippen LogP contribution in [0.3, 0.4) is 0 Å². The summed E-state index contributed by atoms with van der Waals surface area (Å²) >= 11 is 0. The Kier molecular flexibility index (Phi) is 22.5. The third-order valence-corrected chi connectivity index (χ3v) is 15.3. The zero-order chi connectivity index (χ0) is 56.1. The average molecular weight is 1080 g/mol. The molecule has 0 saturated carbocycles. The number of cyclic esters (lactones) is 1. The van der Waals surface area contributed by atoms with E-state index in [0.29, 0.717) is 32.4 Å². The fourth-order valence-corrected chi connectivity index (χ4v) is 11.4. The van der Waals surface area contributed by atoms with Gasteiger partial charge in [0.15, 0.2) is 24.3 Å². The van der Waals surface area contributed by atoms with Crippen molar-refractivity contribution in [2.45, 2.75) is 192 Å². The van der Waals surface area contributed by atoms with Gasteiger partial charge >= 0.3 is 23.9 Å². The van der Waals surface area contributed by atoms with Crippen molar-refractivity contribution >= 4 is 57.8 Å². The fourth-order valence-electron chi connectivity index (χ4n) is 11.4. The summed E-state index contributed by atoms with van der Waals surface area (Å²) in [5.41, 5.74) is -0.310. The summed E-state index contributed by atoms with van der Waals surface area (Å²) in [6.45, 7) is 12.5. The molecule has 16 atom stereocenters. The number of nitrogens with zero attached hydrogens (tertiary/aromatic N) is 2. The number of ether oxygens (including phenoxy) is 9. The Morgan fingerprint density at radius 3 is 2.22 bits per heavy atom. The van der Waals surface area contributed by atoms with E-state index in [0.717, 1.165) is 33.4 Å². The van der Waals surface area contributed by atoms with Gasteiger partial charge in [0.1, 0.15) is 36.8 Å². The lowest BCUT2D eigenvalue weighted by molar-refractivity contribution is -0.344. The van der Waals surface area contributed by atoms with E-state index in [1.54, 1.807) is 53.6 Å². The summed E-state index contributed by atoms with van der Waals surface area (Å²) in [5, 5.41) is 28.6. The van der Waals surface area contributed by atoms with Gasteiger partial charge in [0.05, 0.1) is 36.9 Å². The van der Waals surface area contributed by atoms with Gasteiger partial charge in [-0.25, -0.2) is 0 Å². The molecule has 0 aromatic heterocycles. The van der Waals surface area contributed by atoms with Crippen molar-refractivity contribution in [3.05, 3.63) is 66.2 Å². The monoisotopic (exact) mass is 1080 g/mol. The molecule has 77 heavy (non-hydrogen) atoms. The number of likely N-dealkylation sites (N-methyl/N-ethyl adjacent to an activating group) is 2. The highest BCUT2D eigenvalue weighted by atomic mass is 16.7. The number of hydrogen-bond acceptors (Lipinski definition) is 18. The number of aliphatic hydroxyl groups excluding tert-OH is 2. The number of hydrogen-bond donors (Lipinski definition) is 2. The SMILES string of the molecule is CCC(=O)O[C@@H]1CC(=O)O[C@@H](CC=Cc2cc3ccccc3c3ccccc23)CCCN(C)C[C@H](O)[C@H](C)C[C@H](CC=O)[C@H](O[C@@H]2OC(C)[C@@H](O[C@H]3CC(C)(OC(C)=O)[C@@H](OC(=O)CC)C(C)O3)C(N(C)C)C2O)[C@H]1OC. The summed E-state index contributed by atoms with van der Waals surface area (Å²) in [6, 6.07) is 17.8. The first kappa shape index (κ1) is 61.3. The second-order valence-corrected chi connectivity index (χ2v) is 21.6. The molecule has 3 aromatic rings. The number of esters is 4. The van der Waals surface area contributed by atoms with Crippen molar-refractivity contribution in [2.75, 3.05) is 41.3 Å². The van der Waals surface area contributed by atoms with E-state index in [-0.39, 0.29) is 32.1 Å². The first-order chi connectivity index (χ1) is 36.7. The lowest BCUT2D eigenvalue weighted by Gasteiger charge is -2.50. The highest BCUT2D eigenvalue weighted by molar-refractivity contribution is 6.10. The van der Waals surface area contributed by atoms with Gasteiger partial charge in [0, 0.05) is 52.7 Å². The maximum Gasteiger partial charge on any atom is 0.309 e. The van der Waals surface area contributed by atoms with Crippen LogP contribution in [0.1, 0.15) is 112 Å². The van der Waals surface area contributed by atoms with E-state index < -0.39 is 127 Å². The van der Waals surface area contributed by atoms with Crippen LogP contribution in [0, 0.1) is 11.8 Å². The predicted molar refractivity (Wildman–Crippen MR) is 288 cm³/mol. The molecule has 3 aromatic carbocycles. The largest absolute Gasteiger partial charge is 0.462 e. The summed E-state index contributed by atoms with van der Waals surface area (Å²) in [7, 11) is 6.83. The maximum absolute atomic E-state index is 14.4. The molecule has 18 nitrogen and oxygen atoms in total. The van der Waals surface area contributed by atoms with Crippen molar-refractivity contribution in [1.82, 2.24) is 9.80 Å². The van der Waals surface area contributed by atoms with Crippen molar-refractivity contribution in [2.24, 2.45) is 11.8 Å². The van der Waals surface area contributed by atoms with Crippen LogP contribution in [0.15, 0.2) is 60.7 Å². The van der Waals surface area contributed by atoms with Gasteiger partial charge in [0.2, 0.25) is 0 Å². The standard InChI is InChI=1S/C59H84N2O16/c1-12-48(65)73-47-32-50(67)72-42(22-18-21-40-31-39-20-14-15-24-43(39)45-26-17-16-25-44(40)45)23-19-28-61(10)34-46(64)35(3)30-41(27-29-62)55(56(47)69-11)76-58-53(68)52(60(8)9)54(36(4)71-58)75-51-33-59(7,77-38(6)63)57(37(5)70-51)74-49(66)13-2/h14-18,20-21,24-26,29,31,35-37,41-42,46-47,51-58,64,68H,12-13,19,22-23,27-28,30,32-34H2,1-11H3/t35-,36?,37?,41+,42+,46+,47-,51+,52?,53?,54-,55+,56+,57+,58+,59?/m1/s1. The molecule has 426 valence electrons. The highest BCUT2D eigenvalue weighted by Crippen LogP contribution is 2.40. The third kappa shape index (κ3) is 15.9. The number of rotatable bonds is 16. The van der Waals surface area contributed by atoms with Crippen molar-refractivity contribution < 1.29 is 76.8 Å². The van der Waals surface area contributed by atoms with E-state index in [1.165, 1.54) is 14.0 Å². The van der Waals surface area contributed by atoms with Crippen molar-refractivity contribution in [3.63, 3.8) is 0 Å². The number of aliphatic hydroxyl groups is 2. The van der Waals surface area contributed by atoms with E-state index in [1.807, 2.05) is 49.2 Å². The van der Waals surface area contributed by atoms with Crippen LogP contribution in [0.25, 0.3) is 27.6 Å². The molecule has 0 spiro atoms. The molecule has 3 aliphatic rings. The van der Waals surface area contributed by atoms with Crippen LogP contribution < -0.4 is 0 Å². The molecule has 3 saturated heterocycles. The molecule has 3 heterocycles. The first-order valence-corrected chi connectivity index (χ1v) is 27.3. The number of carbonyl (C=O) groups is 5. The van der Waals surface area contributed by atoms with Crippen LogP contribution in [0.4, 0.5) is 0 Å². The minimum absolute atomic E-state index is 0.0245. The van der Waals surface area contributed by atoms with E-state index in [4.69, 9.17) is 42.6 Å². The van der Waals surface area contributed by atoms with Crippen LogP contribution in [0.5, 0.6) is 0 Å². The van der Waals surface area contributed by atoms with Gasteiger partial charge in [-0.1, -0.05) is 81.5 Å². The van der Waals surface area contributed by atoms with Gasteiger partial charge in [0.25, 0.3) is 0 Å². The van der Waals surface area contributed by atoms with Gasteiger partial charge in [-0.15, -0.1) is 0 Å². The molecule has 3 aliphatic heterocycles. The molecular formula is C59H84N2O16. The molecule has 0 bridgehead atoms. The summed E-state index contributed by atoms with van der Waals surface area (Å²) in [4.78, 5) is 69.1. The Morgan fingerprint density at radius 2 is 1.56 bits per heavy atom. The number of methoxy groups -OCH3 is 1. The van der Waals surface area contributed by atoms with E-state index >= 15 is 0 Å². The zero-order valence-electron chi connectivity index (χ0n) is 46.9. The molecule has 0 radical (unpaired) electrons. The summed E-state index contributed by atoms with van der Waals surface area (Å²) in [6.07, 6.45) is -6.29. The topological polar surface area (TPSA) is 215 Å². The highest BCUT2D eigenvalue weighted by Gasteiger charge is 2.54. The molecule has 0 aliphatic carbocycles. The molecule has 18 heteroatoms.